The summed E-state index contributed by atoms with van der Waals surface area (Å²) >= 11 is 0. The molecule has 0 unspecified atom stereocenters. The molecule has 0 radical (unpaired) electrons. The predicted molar refractivity (Wildman–Crippen MR) is 53.1 cm³/mol. The number of carboxylic acid groups (broad SMARTS) is 1. The molecule has 4 nitrogen and oxygen atoms in total. The molecule has 5 N–H and O–H groups in total. The molecule has 0 atom stereocenters. The van der Waals surface area contributed by atoms with E-state index in [4.69, 9.17) is 16.6 Å². The molecule has 0 saturated carbocycles. The third kappa shape index (κ3) is 2.98. The van der Waals surface area contributed by atoms with Crippen molar-refractivity contribution in [2.75, 3.05) is 0 Å². The first kappa shape index (κ1) is 11.0. The number of carboxylic acids is 1. The van der Waals surface area contributed by atoms with E-state index in [9.17, 15) is 9.18 Å². The van der Waals surface area contributed by atoms with Gasteiger partial charge in [-0.3, -0.25) is 0 Å². The van der Waals surface area contributed by atoms with Gasteiger partial charge in [-0.15, -0.1) is 0 Å². The molecule has 0 aliphatic carbocycles. The van der Waals surface area contributed by atoms with E-state index in [1.165, 1.54) is 18.2 Å². The Morgan fingerprint density at radius 3 is 2.53 bits per heavy atom. The second kappa shape index (κ2) is 4.45. The molecule has 15 heavy (non-hydrogen) atoms. The number of halogens is 1. The fourth-order valence-electron chi connectivity index (χ4n) is 1.15. The van der Waals surface area contributed by atoms with Gasteiger partial charge in [-0.25, -0.2) is 9.18 Å². The molecule has 0 bridgehead atoms. The fraction of sp³-hybridized carbons (Fsp3) is 0.100. The maximum atomic E-state index is 12.8. The lowest BCUT2D eigenvalue weighted by Gasteiger charge is -2.04. The van der Waals surface area contributed by atoms with Crippen molar-refractivity contribution < 1.29 is 14.3 Å². The number of nitrogens with two attached hydrogens (primary N) is 2. The highest BCUT2D eigenvalue weighted by Gasteiger charge is 2.11. The average Bonchev–Trinajstić information content (AvgIpc) is 2.13. The van der Waals surface area contributed by atoms with Crippen LogP contribution in [0.3, 0.4) is 0 Å². The van der Waals surface area contributed by atoms with Gasteiger partial charge < -0.3 is 16.6 Å². The maximum Gasteiger partial charge on any atom is 0.335 e. The lowest BCUT2D eigenvalue weighted by atomic mass is 10.1. The molecule has 0 aliphatic heterocycles. The van der Waals surface area contributed by atoms with Crippen molar-refractivity contribution in [2.24, 2.45) is 11.5 Å². The lowest BCUT2D eigenvalue weighted by Crippen LogP contribution is -2.18. The van der Waals surface area contributed by atoms with Crippen LogP contribution >= 0.6 is 0 Å². The topological polar surface area (TPSA) is 89.3 Å². The SMILES string of the molecule is NC(N)=C(Cc1cccc(F)c1)C(=O)O. The Bertz CT molecular complexity index is 412. The van der Waals surface area contributed by atoms with Gasteiger partial charge in [0.15, 0.2) is 0 Å². The quantitative estimate of drug-likeness (QED) is 0.636. The van der Waals surface area contributed by atoms with Gasteiger partial charge in [-0.1, -0.05) is 12.1 Å². The Balaban J connectivity index is 2.94. The van der Waals surface area contributed by atoms with Gasteiger partial charge in [0.25, 0.3) is 0 Å². The summed E-state index contributed by atoms with van der Waals surface area (Å²) in [5, 5.41) is 8.76. The zero-order valence-electron chi connectivity index (χ0n) is 7.90. The van der Waals surface area contributed by atoms with E-state index in [0.29, 0.717) is 5.56 Å². The summed E-state index contributed by atoms with van der Waals surface area (Å²) in [6, 6.07) is 5.62. The third-order valence-corrected chi connectivity index (χ3v) is 1.88. The molecule has 5 heteroatoms. The van der Waals surface area contributed by atoms with Crippen LogP contribution in [-0.2, 0) is 11.2 Å². The van der Waals surface area contributed by atoms with Gasteiger partial charge in [0.05, 0.1) is 5.57 Å². The van der Waals surface area contributed by atoms with E-state index in [-0.39, 0.29) is 17.8 Å². The number of hydrogen-bond acceptors (Lipinski definition) is 3. The van der Waals surface area contributed by atoms with E-state index < -0.39 is 11.8 Å². The highest BCUT2D eigenvalue weighted by Crippen LogP contribution is 2.10. The van der Waals surface area contributed by atoms with Gasteiger partial charge in [0.2, 0.25) is 0 Å². The highest BCUT2D eigenvalue weighted by molar-refractivity contribution is 5.87. The fourth-order valence-corrected chi connectivity index (χ4v) is 1.15. The van der Waals surface area contributed by atoms with Crippen LogP contribution in [0.4, 0.5) is 4.39 Å². The van der Waals surface area contributed by atoms with Crippen LogP contribution in [0.5, 0.6) is 0 Å². The summed E-state index contributed by atoms with van der Waals surface area (Å²) in [4.78, 5) is 10.7. The largest absolute Gasteiger partial charge is 0.478 e. The second-order valence-electron chi connectivity index (χ2n) is 3.05. The molecule has 80 valence electrons. The van der Waals surface area contributed by atoms with Gasteiger partial charge >= 0.3 is 5.97 Å². The van der Waals surface area contributed by atoms with E-state index in [1.807, 2.05) is 0 Å². The zero-order chi connectivity index (χ0) is 11.4. The van der Waals surface area contributed by atoms with Crippen LogP contribution in [-0.4, -0.2) is 11.1 Å². The van der Waals surface area contributed by atoms with Gasteiger partial charge in [-0.05, 0) is 17.7 Å². The minimum absolute atomic E-state index is 0.00935. The van der Waals surface area contributed by atoms with Crippen molar-refractivity contribution in [3.8, 4) is 0 Å². The Hall–Kier alpha value is -2.04. The number of hydrogen-bond donors (Lipinski definition) is 3. The third-order valence-electron chi connectivity index (χ3n) is 1.88. The zero-order valence-corrected chi connectivity index (χ0v) is 7.90. The summed E-state index contributed by atoms with van der Waals surface area (Å²) in [5.41, 5.74) is 10.8. The molecule has 0 saturated heterocycles. The monoisotopic (exact) mass is 210 g/mol. The molecule has 0 heterocycles. The van der Waals surface area contributed by atoms with Crippen molar-refractivity contribution >= 4 is 5.97 Å². The van der Waals surface area contributed by atoms with Crippen molar-refractivity contribution in [1.29, 1.82) is 0 Å². The lowest BCUT2D eigenvalue weighted by molar-refractivity contribution is -0.132. The molecule has 1 aromatic rings. The van der Waals surface area contributed by atoms with Crippen LogP contribution < -0.4 is 11.5 Å². The summed E-state index contributed by atoms with van der Waals surface area (Å²) in [6.45, 7) is 0. The van der Waals surface area contributed by atoms with E-state index in [0.717, 1.165) is 0 Å². The molecule has 0 aromatic heterocycles. The van der Waals surface area contributed by atoms with Crippen molar-refractivity contribution in [3.05, 3.63) is 47.0 Å². The molecule has 1 aromatic carbocycles. The van der Waals surface area contributed by atoms with Crippen LogP contribution in [0.1, 0.15) is 5.56 Å². The van der Waals surface area contributed by atoms with E-state index >= 15 is 0 Å². The van der Waals surface area contributed by atoms with Crippen molar-refractivity contribution in [2.45, 2.75) is 6.42 Å². The molecule has 0 fully saturated rings. The van der Waals surface area contributed by atoms with Gasteiger partial charge in [-0.2, -0.15) is 0 Å². The predicted octanol–water partition coefficient (Wildman–Crippen LogP) is 0.582. The second-order valence-corrected chi connectivity index (χ2v) is 3.05. The van der Waals surface area contributed by atoms with Crippen molar-refractivity contribution in [1.82, 2.24) is 0 Å². The van der Waals surface area contributed by atoms with Gasteiger partial charge in [0.1, 0.15) is 11.6 Å². The van der Waals surface area contributed by atoms with E-state index in [1.54, 1.807) is 6.07 Å². The minimum Gasteiger partial charge on any atom is -0.478 e. The van der Waals surface area contributed by atoms with Crippen LogP contribution in [0.15, 0.2) is 35.7 Å². The first-order valence-corrected chi connectivity index (χ1v) is 4.22. The molecular formula is C10H11FN2O2. The summed E-state index contributed by atoms with van der Waals surface area (Å²) in [5.74, 6) is -1.88. The van der Waals surface area contributed by atoms with Gasteiger partial charge in [0, 0.05) is 6.42 Å². The highest BCUT2D eigenvalue weighted by atomic mass is 19.1. The summed E-state index contributed by atoms with van der Waals surface area (Å²) in [7, 11) is 0. The Kier molecular flexibility index (Phi) is 3.28. The molecule has 1 rings (SSSR count). The van der Waals surface area contributed by atoms with E-state index in [2.05, 4.69) is 0 Å². The van der Waals surface area contributed by atoms with Crippen LogP contribution in [0.2, 0.25) is 0 Å². The smallest absolute Gasteiger partial charge is 0.335 e. The van der Waals surface area contributed by atoms with Crippen molar-refractivity contribution in [3.63, 3.8) is 0 Å². The van der Waals surface area contributed by atoms with Crippen LogP contribution in [0.25, 0.3) is 0 Å². The summed E-state index contributed by atoms with van der Waals surface area (Å²) < 4.78 is 12.8. The van der Waals surface area contributed by atoms with Crippen LogP contribution in [0, 0.1) is 5.82 Å². The molecule has 0 spiro atoms. The Morgan fingerprint density at radius 2 is 2.07 bits per heavy atom. The summed E-state index contributed by atoms with van der Waals surface area (Å²) in [6.07, 6.45) is 0.00935. The number of benzene rings is 1. The first-order chi connectivity index (χ1) is 7.00. The number of aliphatic carboxylic acids is 1. The average molecular weight is 210 g/mol. The normalized spacial score (nSPS) is 9.67. The first-order valence-electron chi connectivity index (χ1n) is 4.22. The number of carbonyl (C=O) groups is 1. The standard InChI is InChI=1S/C10H11FN2O2/c11-7-3-1-2-6(4-7)5-8(9(12)13)10(14)15/h1-4H,5,12-13H2,(H,14,15). The molecular weight excluding hydrogens is 199 g/mol. The Morgan fingerprint density at radius 1 is 1.40 bits per heavy atom. The molecule has 0 aliphatic rings. The maximum absolute atomic E-state index is 12.8. The molecule has 0 amide bonds. The minimum atomic E-state index is -1.20. The Labute approximate surface area is 86.0 Å². The number of rotatable bonds is 3.